The van der Waals surface area contributed by atoms with Gasteiger partial charge in [-0.1, -0.05) is 20.3 Å². The van der Waals surface area contributed by atoms with E-state index in [1.165, 1.54) is 0 Å². The lowest BCUT2D eigenvalue weighted by Crippen LogP contribution is -1.96. The van der Waals surface area contributed by atoms with Crippen molar-refractivity contribution in [2.24, 2.45) is 5.92 Å². The molecule has 0 saturated carbocycles. The van der Waals surface area contributed by atoms with E-state index in [0.29, 0.717) is 12.5 Å². The minimum atomic E-state index is -4.64. The third kappa shape index (κ3) is 141. The Morgan fingerprint density at radius 2 is 1.12 bits per heavy atom. The second-order valence-electron chi connectivity index (χ2n) is 2.72. The zero-order valence-corrected chi connectivity index (χ0v) is 10.6. The number of aliphatic hydroxyl groups excluding tert-OH is 1. The quantitative estimate of drug-likeness (QED) is 0.319. The molecule has 0 amide bonds. The first-order valence-corrected chi connectivity index (χ1v) is 7.11. The number of aliphatic hydroxyl groups is 1. The van der Waals surface area contributed by atoms with Crippen molar-refractivity contribution >= 4 is 15.6 Å². The monoisotopic (exact) mass is 284 g/mol. The van der Waals surface area contributed by atoms with E-state index in [4.69, 9.17) is 43.6 Å². The summed E-state index contributed by atoms with van der Waals surface area (Å²) < 4.78 is 17.8. The minimum Gasteiger partial charge on any atom is -0.396 e. The zero-order chi connectivity index (χ0) is 14.0. The predicted molar refractivity (Wildman–Crippen MR) is 55.1 cm³/mol. The molecule has 0 aliphatic heterocycles. The first-order valence-electron chi connectivity index (χ1n) is 3.98. The standard InChI is InChI=1S/C5H12O.2H3O4P/c1-3-5(2)4-6;2*1-5(2,3)4/h5-6H,3-4H2,1-2H3;2*(H3,1,2,3,4). The first kappa shape index (κ1) is 21.5. The van der Waals surface area contributed by atoms with Crippen LogP contribution in [-0.4, -0.2) is 41.1 Å². The van der Waals surface area contributed by atoms with Crippen LogP contribution in [0.1, 0.15) is 20.3 Å². The Morgan fingerprint density at radius 1 is 0.938 bits per heavy atom. The molecule has 7 N–H and O–H groups in total. The van der Waals surface area contributed by atoms with Gasteiger partial charge in [-0.05, 0) is 5.92 Å². The van der Waals surface area contributed by atoms with E-state index in [0.717, 1.165) is 6.42 Å². The molecule has 16 heavy (non-hydrogen) atoms. The predicted octanol–water partition coefficient (Wildman–Crippen LogP) is -0.832. The van der Waals surface area contributed by atoms with E-state index in [9.17, 15) is 0 Å². The molecule has 102 valence electrons. The average Bonchev–Trinajstić information content (AvgIpc) is 1.96. The number of phosphoric acid groups is 2. The number of rotatable bonds is 2. The van der Waals surface area contributed by atoms with Crippen molar-refractivity contribution in [3.63, 3.8) is 0 Å². The van der Waals surface area contributed by atoms with Crippen LogP contribution in [0.15, 0.2) is 0 Å². The molecule has 9 nitrogen and oxygen atoms in total. The maximum Gasteiger partial charge on any atom is 0.466 e. The van der Waals surface area contributed by atoms with Crippen molar-refractivity contribution in [2.75, 3.05) is 6.61 Å². The maximum absolute atomic E-state index is 8.88. The summed E-state index contributed by atoms with van der Waals surface area (Å²) in [6, 6.07) is 0. The fourth-order valence-electron chi connectivity index (χ4n) is 0.129. The Hall–Kier alpha value is 0.180. The second-order valence-corrected chi connectivity index (χ2v) is 4.78. The summed E-state index contributed by atoms with van der Waals surface area (Å²) in [6.07, 6.45) is 1.08. The molecule has 1 atom stereocenters. The van der Waals surface area contributed by atoms with E-state index in [1.54, 1.807) is 0 Å². The molecule has 0 heterocycles. The summed E-state index contributed by atoms with van der Waals surface area (Å²) in [5, 5.41) is 8.33. The van der Waals surface area contributed by atoms with Gasteiger partial charge in [-0.15, -0.1) is 0 Å². The van der Waals surface area contributed by atoms with Crippen molar-refractivity contribution in [2.45, 2.75) is 20.3 Å². The van der Waals surface area contributed by atoms with Crippen LogP contribution in [0.5, 0.6) is 0 Å². The first-order chi connectivity index (χ1) is 6.81. The highest BCUT2D eigenvalue weighted by Gasteiger charge is 2.00. The second kappa shape index (κ2) is 10.3. The molecule has 0 radical (unpaired) electrons. The molecule has 11 heteroatoms. The van der Waals surface area contributed by atoms with Crippen LogP contribution in [-0.2, 0) is 9.13 Å². The average molecular weight is 284 g/mol. The fourth-order valence-corrected chi connectivity index (χ4v) is 0.129. The van der Waals surface area contributed by atoms with Gasteiger partial charge in [-0.2, -0.15) is 0 Å². The van der Waals surface area contributed by atoms with Crippen molar-refractivity contribution in [1.29, 1.82) is 0 Å². The smallest absolute Gasteiger partial charge is 0.396 e. The van der Waals surface area contributed by atoms with Gasteiger partial charge in [0.2, 0.25) is 0 Å². The zero-order valence-electron chi connectivity index (χ0n) is 8.83. The molecular formula is C5H18O9P2. The lowest BCUT2D eigenvalue weighted by atomic mass is 10.1. The summed E-state index contributed by atoms with van der Waals surface area (Å²) in [5.41, 5.74) is 0. The van der Waals surface area contributed by atoms with E-state index >= 15 is 0 Å². The third-order valence-corrected chi connectivity index (χ3v) is 1.01. The van der Waals surface area contributed by atoms with Crippen molar-refractivity contribution < 1.29 is 43.6 Å². The maximum atomic E-state index is 8.88. The molecule has 0 aliphatic carbocycles. The topological polar surface area (TPSA) is 176 Å². The molecule has 0 aliphatic rings. The SMILES string of the molecule is CCC(C)CO.O=P(O)(O)O.O=P(O)(O)O. The largest absolute Gasteiger partial charge is 0.466 e. The van der Waals surface area contributed by atoms with Gasteiger partial charge in [0.25, 0.3) is 0 Å². The fraction of sp³-hybridized carbons (Fsp3) is 1.00. The highest BCUT2D eigenvalue weighted by Crippen LogP contribution is 2.26. The third-order valence-electron chi connectivity index (χ3n) is 1.01. The Balaban J connectivity index is -0.000000160. The van der Waals surface area contributed by atoms with E-state index in [-0.39, 0.29) is 0 Å². The molecule has 0 saturated heterocycles. The highest BCUT2D eigenvalue weighted by molar-refractivity contribution is 7.45. The molecular weight excluding hydrogens is 266 g/mol. The molecule has 0 aromatic rings. The van der Waals surface area contributed by atoms with Gasteiger partial charge in [0, 0.05) is 6.61 Å². The van der Waals surface area contributed by atoms with Gasteiger partial charge in [-0.3, -0.25) is 0 Å². The van der Waals surface area contributed by atoms with Gasteiger partial charge < -0.3 is 34.5 Å². The molecule has 0 fully saturated rings. The van der Waals surface area contributed by atoms with Crippen LogP contribution in [0.2, 0.25) is 0 Å². The van der Waals surface area contributed by atoms with Crippen LogP contribution in [0.25, 0.3) is 0 Å². The summed E-state index contributed by atoms with van der Waals surface area (Å²) >= 11 is 0. The molecule has 0 rings (SSSR count). The van der Waals surface area contributed by atoms with Crippen molar-refractivity contribution in [3.8, 4) is 0 Å². The number of hydrogen-bond acceptors (Lipinski definition) is 3. The normalized spacial score (nSPS) is 12.8. The minimum absolute atomic E-state index is 0.330. The lowest BCUT2D eigenvalue weighted by molar-refractivity contribution is 0.234. The summed E-state index contributed by atoms with van der Waals surface area (Å²) in [7, 11) is -9.28. The van der Waals surface area contributed by atoms with Gasteiger partial charge in [-0.25, -0.2) is 9.13 Å². The van der Waals surface area contributed by atoms with Crippen molar-refractivity contribution in [1.82, 2.24) is 0 Å². The molecule has 0 bridgehead atoms. The Morgan fingerprint density at radius 3 is 1.12 bits per heavy atom. The Kier molecular flexibility index (Phi) is 13.9. The van der Waals surface area contributed by atoms with Crippen LogP contribution >= 0.6 is 15.6 Å². The van der Waals surface area contributed by atoms with Gasteiger partial charge in [0.1, 0.15) is 0 Å². The molecule has 0 aromatic carbocycles. The van der Waals surface area contributed by atoms with E-state index < -0.39 is 15.6 Å². The van der Waals surface area contributed by atoms with Crippen LogP contribution in [0.3, 0.4) is 0 Å². The van der Waals surface area contributed by atoms with Crippen molar-refractivity contribution in [3.05, 3.63) is 0 Å². The van der Waals surface area contributed by atoms with Crippen LogP contribution < -0.4 is 0 Å². The lowest BCUT2D eigenvalue weighted by Gasteiger charge is -1.98. The van der Waals surface area contributed by atoms with Crippen LogP contribution in [0.4, 0.5) is 0 Å². The Labute approximate surface area is 92.9 Å². The van der Waals surface area contributed by atoms with Gasteiger partial charge in [0.05, 0.1) is 0 Å². The van der Waals surface area contributed by atoms with E-state index in [1.807, 2.05) is 6.92 Å². The summed E-state index contributed by atoms with van der Waals surface area (Å²) in [6.45, 7) is 4.43. The summed E-state index contributed by atoms with van der Waals surface area (Å²) in [4.78, 5) is 43.1. The number of hydrogen-bond donors (Lipinski definition) is 7. The highest BCUT2D eigenvalue weighted by atomic mass is 31.2. The van der Waals surface area contributed by atoms with Gasteiger partial charge >= 0.3 is 15.6 Å². The molecule has 0 spiro atoms. The Bertz CT molecular complexity index is 190. The summed E-state index contributed by atoms with van der Waals surface area (Å²) in [5.74, 6) is 0.491. The van der Waals surface area contributed by atoms with E-state index in [2.05, 4.69) is 6.92 Å². The van der Waals surface area contributed by atoms with Gasteiger partial charge in [0.15, 0.2) is 0 Å². The molecule has 0 aromatic heterocycles. The molecule has 1 unspecified atom stereocenters. The van der Waals surface area contributed by atoms with Crippen LogP contribution in [0, 0.1) is 5.92 Å².